The number of nitrogens with zero attached hydrogens (tertiary/aromatic N) is 2. The minimum absolute atomic E-state index is 0.0963. The zero-order chi connectivity index (χ0) is 13.5. The van der Waals surface area contributed by atoms with E-state index in [2.05, 4.69) is 15.3 Å². The lowest BCUT2D eigenvalue weighted by Crippen LogP contribution is -2.18. The van der Waals surface area contributed by atoms with E-state index in [4.69, 9.17) is 9.84 Å². The van der Waals surface area contributed by atoms with Gasteiger partial charge in [-0.15, -0.1) is 0 Å². The fourth-order valence-electron chi connectivity index (χ4n) is 1.60. The summed E-state index contributed by atoms with van der Waals surface area (Å²) in [6, 6.07) is 2.05. The van der Waals surface area contributed by atoms with Gasteiger partial charge in [0.25, 0.3) is 0 Å². The van der Waals surface area contributed by atoms with Crippen molar-refractivity contribution in [1.29, 1.82) is 0 Å². The number of aliphatic hydroxyl groups excluding tert-OH is 1. The monoisotopic (exact) mass is 253 g/mol. The normalized spacial score (nSPS) is 12.6. The molecule has 1 aromatic heterocycles. The average molecular weight is 253 g/mol. The third-order valence-electron chi connectivity index (χ3n) is 2.36. The predicted molar refractivity (Wildman–Crippen MR) is 71.9 cm³/mol. The van der Waals surface area contributed by atoms with Crippen molar-refractivity contribution in [2.45, 2.75) is 52.7 Å². The first-order valence-corrected chi connectivity index (χ1v) is 6.41. The Morgan fingerprint density at radius 3 is 2.67 bits per heavy atom. The standard InChI is InChI=1S/C13H23N3O2/c1-9(2)18-12-8-11(4)15-13(16-12)14-10(3)6-5-7-17/h8-10,17H,5-7H2,1-4H3,(H,14,15,16). The summed E-state index contributed by atoms with van der Waals surface area (Å²) in [5.41, 5.74) is 0.873. The molecule has 0 aromatic carbocycles. The van der Waals surface area contributed by atoms with Crippen LogP contribution in [0.15, 0.2) is 6.07 Å². The van der Waals surface area contributed by atoms with Gasteiger partial charge in [-0.1, -0.05) is 0 Å². The Hall–Kier alpha value is -1.36. The van der Waals surface area contributed by atoms with Gasteiger partial charge < -0.3 is 15.2 Å². The van der Waals surface area contributed by atoms with E-state index in [1.807, 2.05) is 33.8 Å². The van der Waals surface area contributed by atoms with Crippen LogP contribution in [0.2, 0.25) is 0 Å². The second-order valence-electron chi connectivity index (χ2n) is 4.75. The number of aromatic nitrogens is 2. The van der Waals surface area contributed by atoms with Crippen molar-refractivity contribution < 1.29 is 9.84 Å². The quantitative estimate of drug-likeness (QED) is 0.779. The Balaban J connectivity index is 2.67. The van der Waals surface area contributed by atoms with Crippen LogP contribution in [-0.2, 0) is 0 Å². The van der Waals surface area contributed by atoms with Crippen LogP contribution in [0.5, 0.6) is 5.88 Å². The summed E-state index contributed by atoms with van der Waals surface area (Å²) in [7, 11) is 0. The topological polar surface area (TPSA) is 67.3 Å². The summed E-state index contributed by atoms with van der Waals surface area (Å²) in [6.45, 7) is 8.11. The molecule has 5 heteroatoms. The highest BCUT2D eigenvalue weighted by atomic mass is 16.5. The molecule has 1 heterocycles. The molecule has 2 N–H and O–H groups in total. The van der Waals surface area contributed by atoms with Crippen LogP contribution in [-0.4, -0.2) is 33.8 Å². The van der Waals surface area contributed by atoms with Gasteiger partial charge in [0.1, 0.15) is 0 Å². The molecule has 0 aliphatic heterocycles. The molecule has 0 aliphatic rings. The van der Waals surface area contributed by atoms with Crippen molar-refractivity contribution in [3.05, 3.63) is 11.8 Å². The number of ether oxygens (including phenoxy) is 1. The van der Waals surface area contributed by atoms with E-state index in [1.165, 1.54) is 0 Å². The van der Waals surface area contributed by atoms with E-state index in [0.29, 0.717) is 11.8 Å². The molecule has 0 bridgehead atoms. The van der Waals surface area contributed by atoms with Crippen molar-refractivity contribution in [3.63, 3.8) is 0 Å². The predicted octanol–water partition coefficient (Wildman–Crippen LogP) is 2.15. The SMILES string of the molecule is Cc1cc(OC(C)C)nc(NC(C)CCCO)n1. The highest BCUT2D eigenvalue weighted by Crippen LogP contribution is 2.14. The third kappa shape index (κ3) is 5.31. The van der Waals surface area contributed by atoms with Gasteiger partial charge >= 0.3 is 0 Å². The van der Waals surface area contributed by atoms with Crippen LogP contribution >= 0.6 is 0 Å². The summed E-state index contributed by atoms with van der Waals surface area (Å²) in [6.07, 6.45) is 1.75. The van der Waals surface area contributed by atoms with Gasteiger partial charge in [-0.3, -0.25) is 0 Å². The molecule has 1 atom stereocenters. The molecule has 0 fully saturated rings. The molecular weight excluding hydrogens is 230 g/mol. The number of hydrogen-bond donors (Lipinski definition) is 2. The van der Waals surface area contributed by atoms with Crippen molar-refractivity contribution in [3.8, 4) is 5.88 Å². The molecule has 1 unspecified atom stereocenters. The van der Waals surface area contributed by atoms with Gasteiger partial charge in [0.2, 0.25) is 11.8 Å². The third-order valence-corrected chi connectivity index (χ3v) is 2.36. The molecule has 0 saturated carbocycles. The number of hydrogen-bond acceptors (Lipinski definition) is 5. The van der Waals surface area contributed by atoms with Crippen LogP contribution in [0, 0.1) is 6.92 Å². The molecule has 1 rings (SSSR count). The van der Waals surface area contributed by atoms with Crippen molar-refractivity contribution in [2.75, 3.05) is 11.9 Å². The van der Waals surface area contributed by atoms with E-state index < -0.39 is 0 Å². The molecule has 0 amide bonds. The summed E-state index contributed by atoms with van der Waals surface area (Å²) in [5, 5.41) is 12.0. The van der Waals surface area contributed by atoms with Gasteiger partial charge in [0.05, 0.1) is 6.10 Å². The first kappa shape index (κ1) is 14.7. The Morgan fingerprint density at radius 2 is 2.06 bits per heavy atom. The number of aryl methyl sites for hydroxylation is 1. The molecule has 0 saturated heterocycles. The Bertz CT molecular complexity index is 369. The molecule has 5 nitrogen and oxygen atoms in total. The van der Waals surface area contributed by atoms with Crippen molar-refractivity contribution in [2.24, 2.45) is 0 Å². The highest BCUT2D eigenvalue weighted by Gasteiger charge is 2.07. The maximum Gasteiger partial charge on any atom is 0.226 e. The van der Waals surface area contributed by atoms with Gasteiger partial charge in [0, 0.05) is 24.4 Å². The minimum Gasteiger partial charge on any atom is -0.475 e. The molecule has 18 heavy (non-hydrogen) atoms. The average Bonchev–Trinajstić information content (AvgIpc) is 2.24. The van der Waals surface area contributed by atoms with E-state index in [9.17, 15) is 0 Å². The lowest BCUT2D eigenvalue weighted by molar-refractivity contribution is 0.232. The van der Waals surface area contributed by atoms with E-state index in [1.54, 1.807) is 0 Å². The second-order valence-corrected chi connectivity index (χ2v) is 4.75. The Morgan fingerprint density at radius 1 is 1.33 bits per heavy atom. The maximum atomic E-state index is 8.79. The smallest absolute Gasteiger partial charge is 0.226 e. The zero-order valence-electron chi connectivity index (χ0n) is 11.6. The van der Waals surface area contributed by atoms with Crippen molar-refractivity contribution >= 4 is 5.95 Å². The highest BCUT2D eigenvalue weighted by molar-refractivity contribution is 5.31. The number of anilines is 1. The molecule has 1 aromatic rings. The molecule has 102 valence electrons. The summed E-state index contributed by atoms with van der Waals surface area (Å²) in [4.78, 5) is 8.64. The maximum absolute atomic E-state index is 8.79. The Kier molecular flexibility index (Phi) is 5.85. The van der Waals surface area contributed by atoms with E-state index in [0.717, 1.165) is 18.5 Å². The molecule has 0 spiro atoms. The first-order valence-electron chi connectivity index (χ1n) is 6.41. The number of nitrogens with one attached hydrogen (secondary N) is 1. The second kappa shape index (κ2) is 7.16. The number of rotatable bonds is 7. The lowest BCUT2D eigenvalue weighted by Gasteiger charge is -2.15. The fraction of sp³-hybridized carbons (Fsp3) is 0.692. The van der Waals surface area contributed by atoms with Crippen LogP contribution < -0.4 is 10.1 Å². The van der Waals surface area contributed by atoms with Gasteiger partial charge in [0.15, 0.2) is 0 Å². The zero-order valence-corrected chi connectivity index (χ0v) is 11.6. The largest absolute Gasteiger partial charge is 0.475 e. The van der Waals surface area contributed by atoms with E-state index >= 15 is 0 Å². The lowest BCUT2D eigenvalue weighted by atomic mass is 10.2. The molecule has 0 aliphatic carbocycles. The Labute approximate surface area is 109 Å². The molecular formula is C13H23N3O2. The van der Waals surface area contributed by atoms with Gasteiger partial charge in [-0.05, 0) is 40.5 Å². The van der Waals surface area contributed by atoms with Crippen LogP contribution in [0.25, 0.3) is 0 Å². The van der Waals surface area contributed by atoms with Crippen LogP contribution in [0.1, 0.15) is 39.3 Å². The van der Waals surface area contributed by atoms with Gasteiger partial charge in [-0.25, -0.2) is 4.98 Å². The van der Waals surface area contributed by atoms with Gasteiger partial charge in [-0.2, -0.15) is 4.98 Å². The summed E-state index contributed by atoms with van der Waals surface area (Å²) in [5.74, 6) is 1.17. The summed E-state index contributed by atoms with van der Waals surface area (Å²) < 4.78 is 5.57. The van der Waals surface area contributed by atoms with Crippen molar-refractivity contribution in [1.82, 2.24) is 9.97 Å². The fourth-order valence-corrected chi connectivity index (χ4v) is 1.60. The minimum atomic E-state index is 0.0963. The summed E-state index contributed by atoms with van der Waals surface area (Å²) >= 11 is 0. The molecule has 0 radical (unpaired) electrons. The number of aliphatic hydroxyl groups is 1. The van der Waals surface area contributed by atoms with Crippen LogP contribution in [0.3, 0.4) is 0 Å². The van der Waals surface area contributed by atoms with Crippen LogP contribution in [0.4, 0.5) is 5.95 Å². The first-order chi connectivity index (χ1) is 8.51. The van der Waals surface area contributed by atoms with E-state index in [-0.39, 0.29) is 18.8 Å².